The number of hydrogen-bond donors (Lipinski definition) is 4. The molecule has 3 aromatic rings. The van der Waals surface area contributed by atoms with E-state index in [1.54, 1.807) is 12.1 Å². The fourth-order valence-electron chi connectivity index (χ4n) is 5.19. The summed E-state index contributed by atoms with van der Waals surface area (Å²) in [7, 11) is 0. The number of aliphatic carboxylic acids is 1. The van der Waals surface area contributed by atoms with Crippen molar-refractivity contribution < 1.29 is 19.8 Å². The molecule has 0 aromatic heterocycles. The highest BCUT2D eigenvalue weighted by atomic mass is 35.5. The second kappa shape index (κ2) is 14.2. The van der Waals surface area contributed by atoms with E-state index in [9.17, 15) is 14.7 Å². The van der Waals surface area contributed by atoms with Crippen LogP contribution in [0.1, 0.15) is 78.0 Å². The Morgan fingerprint density at radius 3 is 2.22 bits per heavy atom. The molecule has 0 aliphatic heterocycles. The van der Waals surface area contributed by atoms with Gasteiger partial charge in [-0.1, -0.05) is 73.8 Å². The highest BCUT2D eigenvalue weighted by Crippen LogP contribution is 2.34. The van der Waals surface area contributed by atoms with Crippen molar-refractivity contribution in [2.24, 2.45) is 0 Å². The van der Waals surface area contributed by atoms with Crippen molar-refractivity contribution in [2.45, 2.75) is 63.6 Å². The quantitative estimate of drug-likeness (QED) is 0.199. The third-order valence-electron chi connectivity index (χ3n) is 7.66. The molecule has 0 saturated heterocycles. The van der Waals surface area contributed by atoms with Crippen molar-refractivity contribution in [3.05, 3.63) is 112 Å². The van der Waals surface area contributed by atoms with Crippen LogP contribution in [0.15, 0.2) is 85.2 Å². The van der Waals surface area contributed by atoms with Gasteiger partial charge in [0.25, 0.3) is 5.91 Å². The fourth-order valence-corrected chi connectivity index (χ4v) is 5.32. The highest BCUT2D eigenvalue weighted by molar-refractivity contribution is 6.30. The number of nitrogens with one attached hydrogen (secondary N) is 2. The largest absolute Gasteiger partial charge is 0.479 e. The second-order valence-corrected chi connectivity index (χ2v) is 11.1. The van der Waals surface area contributed by atoms with Crippen LogP contribution in [0.5, 0.6) is 0 Å². The first kappa shape index (κ1) is 30.2. The maximum Gasteiger partial charge on any atom is 0.334 e. The van der Waals surface area contributed by atoms with Gasteiger partial charge in [-0.15, -0.1) is 0 Å². The van der Waals surface area contributed by atoms with Gasteiger partial charge in [-0.05, 0) is 78.8 Å². The number of amides is 1. The molecule has 0 radical (unpaired) electrons. The summed E-state index contributed by atoms with van der Waals surface area (Å²) in [6.07, 6.45) is 4.73. The first-order valence-electron chi connectivity index (χ1n) is 14.1. The van der Waals surface area contributed by atoms with Crippen LogP contribution in [-0.4, -0.2) is 34.7 Å². The minimum Gasteiger partial charge on any atom is -0.479 e. The number of aliphatic hydroxyl groups excluding tert-OH is 1. The number of aliphatic hydroxyl groups is 1. The molecule has 2 unspecified atom stereocenters. The van der Waals surface area contributed by atoms with E-state index in [4.69, 9.17) is 16.7 Å². The summed E-state index contributed by atoms with van der Waals surface area (Å²) >= 11 is 6.08. The molecule has 1 aliphatic rings. The first-order chi connectivity index (χ1) is 19.7. The van der Waals surface area contributed by atoms with Gasteiger partial charge in [0.2, 0.25) is 0 Å². The molecule has 4 rings (SSSR count). The van der Waals surface area contributed by atoms with Crippen molar-refractivity contribution in [2.75, 3.05) is 11.4 Å². The number of halogens is 1. The van der Waals surface area contributed by atoms with Gasteiger partial charge in [0.05, 0.1) is 12.4 Å². The normalized spacial score (nSPS) is 15.0. The van der Waals surface area contributed by atoms with E-state index in [1.807, 2.05) is 36.4 Å². The average molecular weight is 576 g/mol. The van der Waals surface area contributed by atoms with Gasteiger partial charge in [-0.3, -0.25) is 4.79 Å². The van der Waals surface area contributed by atoms with Gasteiger partial charge in [-0.25, -0.2) is 4.79 Å². The van der Waals surface area contributed by atoms with E-state index in [0.29, 0.717) is 23.0 Å². The van der Waals surface area contributed by atoms with Crippen LogP contribution in [0.25, 0.3) is 0 Å². The SMILES string of the molecule is C=C(NC(C)c1ccc(Cl)cc1)N(Cc1ccc(C(=O)NCC(O)C(=O)O)cc1)c1ccc(C2CCCCC2)cc1. The first-order valence-corrected chi connectivity index (χ1v) is 14.5. The molecule has 0 bridgehead atoms. The van der Waals surface area contributed by atoms with Gasteiger partial charge in [0.15, 0.2) is 6.10 Å². The molecule has 41 heavy (non-hydrogen) atoms. The summed E-state index contributed by atoms with van der Waals surface area (Å²) in [6, 6.07) is 23.6. The number of carboxylic acid groups (broad SMARTS) is 1. The molecule has 1 saturated carbocycles. The molecule has 1 fully saturated rings. The smallest absolute Gasteiger partial charge is 0.334 e. The van der Waals surface area contributed by atoms with Crippen LogP contribution >= 0.6 is 11.6 Å². The second-order valence-electron chi connectivity index (χ2n) is 10.6. The summed E-state index contributed by atoms with van der Waals surface area (Å²) < 4.78 is 0. The molecule has 0 spiro atoms. The van der Waals surface area contributed by atoms with E-state index < -0.39 is 18.0 Å². The van der Waals surface area contributed by atoms with E-state index in [1.165, 1.54) is 37.7 Å². The number of nitrogens with zero attached hydrogens (tertiary/aromatic N) is 1. The van der Waals surface area contributed by atoms with Crippen molar-refractivity contribution in [3.8, 4) is 0 Å². The fraction of sp³-hybridized carbons (Fsp3) is 0.333. The number of carbonyl (C=O) groups excluding carboxylic acids is 1. The van der Waals surface area contributed by atoms with Crippen molar-refractivity contribution in [1.82, 2.24) is 10.6 Å². The number of benzene rings is 3. The maximum atomic E-state index is 12.4. The van der Waals surface area contributed by atoms with E-state index >= 15 is 0 Å². The average Bonchev–Trinajstić information content (AvgIpc) is 2.99. The van der Waals surface area contributed by atoms with Crippen LogP contribution < -0.4 is 15.5 Å². The van der Waals surface area contributed by atoms with Crippen LogP contribution in [-0.2, 0) is 11.3 Å². The van der Waals surface area contributed by atoms with Crippen LogP contribution in [0.2, 0.25) is 5.02 Å². The molecule has 3 aromatic carbocycles. The summed E-state index contributed by atoms with van der Waals surface area (Å²) in [6.45, 7) is 6.61. The van der Waals surface area contributed by atoms with Crippen LogP contribution in [0.4, 0.5) is 5.69 Å². The molecule has 2 atom stereocenters. The lowest BCUT2D eigenvalue weighted by Gasteiger charge is -2.31. The Morgan fingerprint density at radius 1 is 0.976 bits per heavy atom. The Hall–Kier alpha value is -3.81. The third kappa shape index (κ3) is 8.35. The summed E-state index contributed by atoms with van der Waals surface area (Å²) in [4.78, 5) is 25.3. The molecule has 7 nitrogen and oxygen atoms in total. The molecular weight excluding hydrogens is 538 g/mol. The van der Waals surface area contributed by atoms with Crippen molar-refractivity contribution in [3.63, 3.8) is 0 Å². The Bertz CT molecular complexity index is 1320. The minimum absolute atomic E-state index is 0.00370. The summed E-state index contributed by atoms with van der Waals surface area (Å²) in [5, 5.41) is 24.9. The molecule has 216 valence electrons. The van der Waals surface area contributed by atoms with Gasteiger partial charge < -0.3 is 25.7 Å². The molecule has 4 N–H and O–H groups in total. The van der Waals surface area contributed by atoms with E-state index in [0.717, 1.165) is 22.6 Å². The number of carbonyl (C=O) groups is 2. The van der Waals surface area contributed by atoms with Crippen molar-refractivity contribution >= 4 is 29.2 Å². The predicted octanol–water partition coefficient (Wildman–Crippen LogP) is 6.39. The molecular formula is C33H38ClN3O4. The topological polar surface area (TPSA) is 102 Å². The summed E-state index contributed by atoms with van der Waals surface area (Å²) in [5.74, 6) is -0.475. The number of carboxylic acids is 1. The minimum atomic E-state index is -1.65. The zero-order chi connectivity index (χ0) is 29.4. The number of hydrogen-bond acceptors (Lipinski definition) is 5. The molecule has 8 heteroatoms. The Morgan fingerprint density at radius 2 is 1.61 bits per heavy atom. The highest BCUT2D eigenvalue weighted by Gasteiger charge is 2.19. The Kier molecular flexibility index (Phi) is 10.4. The maximum absolute atomic E-state index is 12.4. The van der Waals surface area contributed by atoms with E-state index in [2.05, 4.69) is 53.3 Å². The zero-order valence-corrected chi connectivity index (χ0v) is 24.1. The van der Waals surface area contributed by atoms with Crippen molar-refractivity contribution in [1.29, 1.82) is 0 Å². The number of anilines is 1. The van der Waals surface area contributed by atoms with Crippen LogP contribution in [0, 0.1) is 0 Å². The lowest BCUT2D eigenvalue weighted by Crippen LogP contribution is -2.36. The van der Waals surface area contributed by atoms with Gasteiger partial charge in [0.1, 0.15) is 0 Å². The zero-order valence-electron chi connectivity index (χ0n) is 23.4. The van der Waals surface area contributed by atoms with Gasteiger partial charge in [-0.2, -0.15) is 0 Å². The van der Waals surface area contributed by atoms with Gasteiger partial charge in [0, 0.05) is 28.9 Å². The Labute approximate surface area is 246 Å². The monoisotopic (exact) mass is 575 g/mol. The van der Waals surface area contributed by atoms with Crippen LogP contribution in [0.3, 0.4) is 0 Å². The molecule has 1 aliphatic carbocycles. The summed E-state index contributed by atoms with van der Waals surface area (Å²) in [5.41, 5.74) is 4.82. The lowest BCUT2D eigenvalue weighted by atomic mass is 9.84. The molecule has 1 amide bonds. The lowest BCUT2D eigenvalue weighted by molar-refractivity contribution is -0.146. The molecule has 0 heterocycles. The standard InChI is InChI=1S/C33H38ClN3O4/c1-22(25-12-16-29(34)17-13-25)36-23(2)37(30-18-14-27(15-19-30)26-6-4-3-5-7-26)21-24-8-10-28(11-9-24)32(39)35-20-31(38)33(40)41/h8-19,22,26,31,36,38H,2-7,20-21H2,1H3,(H,35,39)(H,40,41). The third-order valence-corrected chi connectivity index (χ3v) is 7.91. The number of rotatable bonds is 12. The predicted molar refractivity (Wildman–Crippen MR) is 163 cm³/mol. The Balaban J connectivity index is 1.50. The van der Waals surface area contributed by atoms with Gasteiger partial charge >= 0.3 is 5.97 Å². The van der Waals surface area contributed by atoms with E-state index in [-0.39, 0.29) is 12.6 Å².